The van der Waals surface area contributed by atoms with E-state index in [2.05, 4.69) is 10.4 Å². The van der Waals surface area contributed by atoms with E-state index in [0.29, 0.717) is 11.5 Å². The van der Waals surface area contributed by atoms with E-state index in [1.165, 1.54) is 24.5 Å². The van der Waals surface area contributed by atoms with Crippen molar-refractivity contribution in [2.45, 2.75) is 18.6 Å². The van der Waals surface area contributed by atoms with Gasteiger partial charge in [0.2, 0.25) is 0 Å². The number of benzene rings is 1. The van der Waals surface area contributed by atoms with E-state index in [4.69, 9.17) is 10.2 Å². The van der Waals surface area contributed by atoms with E-state index >= 15 is 0 Å². The van der Waals surface area contributed by atoms with Crippen molar-refractivity contribution in [2.24, 2.45) is 12.8 Å². The number of carbonyl (C=O) groups excluding carboxylic acids is 1. The quantitative estimate of drug-likeness (QED) is 0.675. The minimum absolute atomic E-state index is 0.00955. The average molecular weight is 392 g/mol. The third kappa shape index (κ3) is 4.25. The molecule has 0 saturated carbocycles. The first-order valence-corrected chi connectivity index (χ1v) is 8.52. The lowest BCUT2D eigenvalue weighted by atomic mass is 9.99. The molecule has 0 bridgehead atoms. The van der Waals surface area contributed by atoms with Crippen LogP contribution < -0.4 is 11.1 Å². The van der Waals surface area contributed by atoms with Crippen molar-refractivity contribution in [3.63, 3.8) is 0 Å². The summed E-state index contributed by atoms with van der Waals surface area (Å²) in [5.41, 5.74) is 5.96. The highest BCUT2D eigenvalue weighted by atomic mass is 19.4. The summed E-state index contributed by atoms with van der Waals surface area (Å²) in [4.78, 5) is 12.5. The molecule has 3 N–H and O–H groups in total. The van der Waals surface area contributed by atoms with Gasteiger partial charge in [0.25, 0.3) is 5.91 Å². The molecule has 0 saturated heterocycles. The Labute approximate surface area is 159 Å². The molecule has 0 aliphatic heterocycles. The Bertz CT molecular complexity index is 962. The summed E-state index contributed by atoms with van der Waals surface area (Å²) in [6.07, 6.45) is -1.62. The van der Waals surface area contributed by atoms with Gasteiger partial charge in [-0.2, -0.15) is 18.3 Å². The number of hydrogen-bond donors (Lipinski definition) is 2. The van der Waals surface area contributed by atoms with Crippen LogP contribution in [0.2, 0.25) is 0 Å². The van der Waals surface area contributed by atoms with Crippen LogP contribution in [0.15, 0.2) is 53.3 Å². The number of aromatic nitrogens is 2. The van der Waals surface area contributed by atoms with Crippen LogP contribution in [0.3, 0.4) is 0 Å². The fourth-order valence-corrected chi connectivity index (χ4v) is 2.91. The summed E-state index contributed by atoms with van der Waals surface area (Å²) < 4.78 is 46.5. The Hall–Kier alpha value is -3.07. The van der Waals surface area contributed by atoms with Crippen molar-refractivity contribution < 1.29 is 22.4 Å². The van der Waals surface area contributed by atoms with Gasteiger partial charge in [-0.1, -0.05) is 18.2 Å². The molecule has 3 aromatic rings. The zero-order valence-electron chi connectivity index (χ0n) is 15.0. The minimum Gasteiger partial charge on any atom is -0.462 e. The molecule has 9 heteroatoms. The molecule has 1 unspecified atom stereocenters. The first-order chi connectivity index (χ1) is 13.3. The monoisotopic (exact) mass is 392 g/mol. The van der Waals surface area contributed by atoms with Crippen LogP contribution in [0.5, 0.6) is 0 Å². The zero-order valence-corrected chi connectivity index (χ0v) is 15.0. The van der Waals surface area contributed by atoms with Gasteiger partial charge in [0.15, 0.2) is 5.76 Å². The van der Waals surface area contributed by atoms with Crippen LogP contribution in [0.1, 0.15) is 21.5 Å². The molecule has 0 radical (unpaired) electrons. The van der Waals surface area contributed by atoms with Crippen LogP contribution in [-0.4, -0.2) is 28.3 Å². The standard InChI is InChI=1S/C19H19F3N4O2/c1-26-16(6-7-24-26)17-9-13(11-28-17)18(27)25-14(10-23)8-12-4-2-3-5-15(12)19(20,21)22/h2-7,9,11,14H,8,10,23H2,1H3,(H,25,27). The van der Waals surface area contributed by atoms with E-state index < -0.39 is 23.7 Å². The second kappa shape index (κ2) is 7.89. The van der Waals surface area contributed by atoms with Crippen molar-refractivity contribution in [2.75, 3.05) is 6.54 Å². The number of furan rings is 1. The van der Waals surface area contributed by atoms with Crippen LogP contribution in [0.4, 0.5) is 13.2 Å². The van der Waals surface area contributed by atoms with Crippen molar-refractivity contribution in [1.82, 2.24) is 15.1 Å². The number of nitrogens with one attached hydrogen (secondary N) is 1. The highest BCUT2D eigenvalue weighted by Crippen LogP contribution is 2.32. The maximum atomic E-state index is 13.2. The highest BCUT2D eigenvalue weighted by molar-refractivity contribution is 5.95. The molecule has 1 atom stereocenters. The zero-order chi connectivity index (χ0) is 20.3. The van der Waals surface area contributed by atoms with Gasteiger partial charge in [-0.05, 0) is 30.2 Å². The Morgan fingerprint density at radius 2 is 2.07 bits per heavy atom. The van der Waals surface area contributed by atoms with Gasteiger partial charge in [-0.25, -0.2) is 0 Å². The van der Waals surface area contributed by atoms with Crippen molar-refractivity contribution in [1.29, 1.82) is 0 Å². The molecule has 0 aliphatic rings. The van der Waals surface area contributed by atoms with Gasteiger partial charge in [0.1, 0.15) is 12.0 Å². The number of carbonyl (C=O) groups is 1. The third-order valence-electron chi connectivity index (χ3n) is 4.34. The van der Waals surface area contributed by atoms with Crippen LogP contribution in [0, 0.1) is 0 Å². The van der Waals surface area contributed by atoms with E-state index in [0.717, 1.165) is 6.07 Å². The van der Waals surface area contributed by atoms with Gasteiger partial charge < -0.3 is 15.5 Å². The number of hydrogen-bond acceptors (Lipinski definition) is 4. The SMILES string of the molecule is Cn1nccc1-c1cc(C(=O)NC(CN)Cc2ccccc2C(F)(F)F)co1. The molecular weight excluding hydrogens is 373 g/mol. The Balaban J connectivity index is 1.73. The van der Waals surface area contributed by atoms with Crippen molar-refractivity contribution >= 4 is 5.91 Å². The topological polar surface area (TPSA) is 86.1 Å². The van der Waals surface area contributed by atoms with E-state index in [1.807, 2.05) is 0 Å². The molecule has 2 aromatic heterocycles. The van der Waals surface area contributed by atoms with Gasteiger partial charge >= 0.3 is 6.18 Å². The summed E-state index contributed by atoms with van der Waals surface area (Å²) in [7, 11) is 1.74. The molecule has 1 aromatic carbocycles. The van der Waals surface area contributed by atoms with Crippen LogP contribution in [-0.2, 0) is 19.6 Å². The Kier molecular flexibility index (Phi) is 5.55. The molecule has 3 rings (SSSR count). The fourth-order valence-electron chi connectivity index (χ4n) is 2.91. The lowest BCUT2D eigenvalue weighted by Gasteiger charge is -2.19. The predicted octanol–water partition coefficient (Wildman–Crippen LogP) is 3.00. The summed E-state index contributed by atoms with van der Waals surface area (Å²) in [6, 6.07) is 7.87. The van der Waals surface area contributed by atoms with Gasteiger partial charge in [0.05, 0.1) is 11.1 Å². The van der Waals surface area contributed by atoms with Gasteiger partial charge in [-0.15, -0.1) is 0 Å². The third-order valence-corrected chi connectivity index (χ3v) is 4.34. The largest absolute Gasteiger partial charge is 0.462 e. The predicted molar refractivity (Wildman–Crippen MR) is 96.4 cm³/mol. The minimum atomic E-state index is -4.47. The summed E-state index contributed by atoms with van der Waals surface area (Å²) in [6.45, 7) is -0.00955. The van der Waals surface area contributed by atoms with Crippen molar-refractivity contribution in [3.05, 3.63) is 65.5 Å². The summed E-state index contributed by atoms with van der Waals surface area (Å²) >= 11 is 0. The summed E-state index contributed by atoms with van der Waals surface area (Å²) in [5.74, 6) is -0.0195. The second-order valence-electron chi connectivity index (χ2n) is 6.30. The molecule has 0 aliphatic carbocycles. The van der Waals surface area contributed by atoms with E-state index in [1.54, 1.807) is 30.1 Å². The number of aryl methyl sites for hydroxylation is 1. The molecule has 28 heavy (non-hydrogen) atoms. The average Bonchev–Trinajstić information content (AvgIpc) is 3.29. The van der Waals surface area contributed by atoms with Gasteiger partial charge in [-0.3, -0.25) is 9.48 Å². The maximum absolute atomic E-state index is 13.2. The van der Waals surface area contributed by atoms with Crippen molar-refractivity contribution in [3.8, 4) is 11.5 Å². The molecule has 148 valence electrons. The normalized spacial score (nSPS) is 12.8. The Morgan fingerprint density at radius 1 is 1.32 bits per heavy atom. The van der Waals surface area contributed by atoms with Gasteiger partial charge in [0, 0.05) is 25.8 Å². The lowest BCUT2D eigenvalue weighted by Crippen LogP contribution is -2.41. The second-order valence-corrected chi connectivity index (χ2v) is 6.30. The fraction of sp³-hybridized carbons (Fsp3) is 0.263. The molecule has 6 nitrogen and oxygen atoms in total. The maximum Gasteiger partial charge on any atom is 0.416 e. The van der Waals surface area contributed by atoms with E-state index in [-0.39, 0.29) is 24.1 Å². The first kappa shape index (κ1) is 19.7. The Morgan fingerprint density at radius 3 is 2.71 bits per heavy atom. The summed E-state index contributed by atoms with van der Waals surface area (Å²) in [5, 5.41) is 6.70. The molecule has 1 amide bonds. The number of halogens is 3. The number of rotatable bonds is 6. The number of alkyl halides is 3. The highest BCUT2D eigenvalue weighted by Gasteiger charge is 2.33. The van der Waals surface area contributed by atoms with Crippen LogP contribution >= 0.6 is 0 Å². The number of nitrogens with zero attached hydrogens (tertiary/aromatic N) is 2. The molecular formula is C19H19F3N4O2. The molecule has 0 spiro atoms. The smallest absolute Gasteiger partial charge is 0.416 e. The van der Waals surface area contributed by atoms with E-state index in [9.17, 15) is 18.0 Å². The lowest BCUT2D eigenvalue weighted by molar-refractivity contribution is -0.138. The first-order valence-electron chi connectivity index (χ1n) is 8.52. The molecule has 2 heterocycles. The molecule has 0 fully saturated rings. The van der Waals surface area contributed by atoms with Crippen LogP contribution in [0.25, 0.3) is 11.5 Å². The number of nitrogens with two attached hydrogens (primary N) is 1. The number of amides is 1.